The molecule has 33 heavy (non-hydrogen) atoms. The molecule has 3 aromatic heterocycles. The van der Waals surface area contributed by atoms with Crippen molar-refractivity contribution in [2.45, 2.75) is 43.8 Å². The van der Waals surface area contributed by atoms with Gasteiger partial charge in [-0.1, -0.05) is 31.5 Å². The van der Waals surface area contributed by atoms with Gasteiger partial charge in [-0.25, -0.2) is 4.79 Å². The second-order valence-corrected chi connectivity index (χ2v) is 9.37. The molecular weight excluding hydrogens is 438 g/mol. The summed E-state index contributed by atoms with van der Waals surface area (Å²) in [4.78, 5) is 33.8. The Balaban J connectivity index is 1.35. The van der Waals surface area contributed by atoms with Gasteiger partial charge in [-0.2, -0.15) is 0 Å². The Bertz CT molecular complexity index is 1330. The molecule has 1 saturated carbocycles. The smallest absolute Gasteiger partial charge is 0.323 e. The molecule has 1 amide bonds. The summed E-state index contributed by atoms with van der Waals surface area (Å²) in [7, 11) is 0. The molecule has 1 aromatic carbocycles. The molecule has 0 bridgehead atoms. The van der Waals surface area contributed by atoms with E-state index >= 15 is 0 Å². The number of benzene rings is 1. The van der Waals surface area contributed by atoms with E-state index in [-0.39, 0.29) is 17.3 Å². The minimum absolute atomic E-state index is 0.147. The molecule has 0 radical (unpaired) electrons. The molecule has 2 atom stereocenters. The van der Waals surface area contributed by atoms with Crippen LogP contribution < -0.4 is 11.0 Å². The molecule has 1 aliphatic rings. The Morgan fingerprint density at radius 1 is 1.18 bits per heavy atom. The molecule has 0 aliphatic heterocycles. The molecule has 4 aromatic rings. The molecule has 170 valence electrons. The van der Waals surface area contributed by atoms with Gasteiger partial charge in [0.15, 0.2) is 11.0 Å². The van der Waals surface area contributed by atoms with Crippen LogP contribution in [-0.2, 0) is 4.79 Å². The van der Waals surface area contributed by atoms with Gasteiger partial charge in [0.2, 0.25) is 5.91 Å². The number of carbonyl (C=O) groups excluding carboxylic acids is 1. The summed E-state index contributed by atoms with van der Waals surface area (Å²) in [5.74, 6) is 1.36. The van der Waals surface area contributed by atoms with Crippen molar-refractivity contribution < 1.29 is 4.79 Å². The van der Waals surface area contributed by atoms with Gasteiger partial charge in [0.25, 0.3) is 0 Å². The number of carbonyl (C=O) groups is 1. The third kappa shape index (κ3) is 4.56. The number of pyridine rings is 1. The maximum absolute atomic E-state index is 12.7. The number of hydrogen-bond donors (Lipinski definition) is 3. The minimum atomic E-state index is -0.273. The monoisotopic (exact) mass is 463 g/mol. The Kier molecular flexibility index (Phi) is 5.99. The summed E-state index contributed by atoms with van der Waals surface area (Å²) in [5.41, 5.74) is 2.63. The number of imidazole rings is 1. The van der Waals surface area contributed by atoms with Crippen LogP contribution >= 0.6 is 11.8 Å². The number of nitrogens with zero attached hydrogens (tertiary/aromatic N) is 4. The molecule has 1 aliphatic carbocycles. The zero-order valence-electron chi connectivity index (χ0n) is 18.2. The number of nitrogens with one attached hydrogen (secondary N) is 3. The van der Waals surface area contributed by atoms with E-state index in [9.17, 15) is 9.59 Å². The first-order valence-electron chi connectivity index (χ1n) is 11.1. The van der Waals surface area contributed by atoms with Gasteiger partial charge in [0.1, 0.15) is 0 Å². The number of fused-ring (bicyclic) bond motifs is 1. The van der Waals surface area contributed by atoms with E-state index in [4.69, 9.17) is 0 Å². The maximum Gasteiger partial charge on any atom is 0.323 e. The van der Waals surface area contributed by atoms with Gasteiger partial charge in [-0.15, -0.1) is 10.2 Å². The second kappa shape index (κ2) is 9.22. The molecule has 3 N–H and O–H groups in total. The van der Waals surface area contributed by atoms with E-state index in [1.54, 1.807) is 30.6 Å². The third-order valence-corrected chi connectivity index (χ3v) is 7.06. The van der Waals surface area contributed by atoms with Gasteiger partial charge < -0.3 is 15.3 Å². The number of thioether (sulfide) groups is 1. The Hall–Kier alpha value is -3.40. The van der Waals surface area contributed by atoms with Gasteiger partial charge >= 0.3 is 5.69 Å². The van der Waals surface area contributed by atoms with Crippen LogP contribution in [0.3, 0.4) is 0 Å². The summed E-state index contributed by atoms with van der Waals surface area (Å²) in [6, 6.07) is 9.44. The highest BCUT2D eigenvalue weighted by Gasteiger charge is 2.29. The van der Waals surface area contributed by atoms with Crippen LogP contribution in [-0.4, -0.2) is 41.4 Å². The van der Waals surface area contributed by atoms with E-state index < -0.39 is 0 Å². The highest BCUT2D eigenvalue weighted by atomic mass is 32.2. The van der Waals surface area contributed by atoms with Crippen LogP contribution in [0.2, 0.25) is 0 Å². The quantitative estimate of drug-likeness (QED) is 0.372. The van der Waals surface area contributed by atoms with Crippen LogP contribution in [0.1, 0.15) is 38.6 Å². The summed E-state index contributed by atoms with van der Waals surface area (Å²) < 4.78 is 2.20. The molecule has 0 spiro atoms. The summed E-state index contributed by atoms with van der Waals surface area (Å²) in [6.45, 7) is 2.28. The zero-order valence-corrected chi connectivity index (χ0v) is 19.1. The van der Waals surface area contributed by atoms with E-state index in [1.165, 1.54) is 31.0 Å². The van der Waals surface area contributed by atoms with E-state index in [0.29, 0.717) is 28.7 Å². The average molecular weight is 464 g/mol. The van der Waals surface area contributed by atoms with Crippen molar-refractivity contribution in [3.05, 3.63) is 53.2 Å². The van der Waals surface area contributed by atoms with Crippen molar-refractivity contribution in [1.82, 2.24) is 29.7 Å². The number of aromatic amines is 2. The molecule has 0 unspecified atom stereocenters. The van der Waals surface area contributed by atoms with Crippen molar-refractivity contribution in [3.8, 4) is 11.4 Å². The first kappa shape index (κ1) is 21.4. The highest BCUT2D eigenvalue weighted by Crippen LogP contribution is 2.38. The van der Waals surface area contributed by atoms with Crippen molar-refractivity contribution in [3.63, 3.8) is 0 Å². The number of aromatic nitrogens is 6. The fraction of sp³-hybridized carbons (Fsp3) is 0.348. The molecule has 1 fully saturated rings. The van der Waals surface area contributed by atoms with Crippen molar-refractivity contribution in [2.24, 2.45) is 5.92 Å². The number of H-pyrrole nitrogens is 2. The van der Waals surface area contributed by atoms with Crippen LogP contribution in [0, 0.1) is 5.92 Å². The van der Waals surface area contributed by atoms with Gasteiger partial charge in [-0.3, -0.25) is 14.3 Å². The topological polar surface area (TPSA) is 121 Å². The van der Waals surface area contributed by atoms with Crippen LogP contribution in [0.5, 0.6) is 0 Å². The van der Waals surface area contributed by atoms with Gasteiger partial charge in [0, 0.05) is 29.7 Å². The number of anilines is 1. The lowest BCUT2D eigenvalue weighted by atomic mass is 9.85. The highest BCUT2D eigenvalue weighted by molar-refractivity contribution is 7.99. The van der Waals surface area contributed by atoms with E-state index in [2.05, 4.69) is 42.0 Å². The number of amides is 1. The van der Waals surface area contributed by atoms with E-state index in [0.717, 1.165) is 23.0 Å². The Morgan fingerprint density at radius 2 is 2.03 bits per heavy atom. The fourth-order valence-electron chi connectivity index (χ4n) is 4.48. The molecule has 5 rings (SSSR count). The first-order valence-corrected chi connectivity index (χ1v) is 12.1. The molecule has 0 saturated heterocycles. The first-order chi connectivity index (χ1) is 16.1. The third-order valence-electron chi connectivity index (χ3n) is 6.11. The lowest BCUT2D eigenvalue weighted by molar-refractivity contribution is -0.113. The zero-order chi connectivity index (χ0) is 22.8. The molecular formula is C23H25N7O2S. The summed E-state index contributed by atoms with van der Waals surface area (Å²) in [6.07, 6.45) is 8.20. The SMILES string of the molecule is C[C@@H]1CCCC[C@H]1n1c(SCC(=O)Nc2ccc3[nH]c(=O)[nH]c3c2)nnc1-c1cccnc1. The maximum atomic E-state index is 12.7. The Labute approximate surface area is 194 Å². The standard InChI is InChI=1S/C23H25N7O2S/c1-14-5-2-3-7-19(14)30-21(15-6-4-10-24-12-15)28-29-23(30)33-13-20(31)25-16-8-9-17-18(11-16)27-22(32)26-17/h4,6,8-12,14,19H,2-3,5,7,13H2,1H3,(H,25,31)(H2,26,27,32)/t14-,19-/m1/s1. The van der Waals surface area contributed by atoms with Crippen molar-refractivity contribution in [1.29, 1.82) is 0 Å². The summed E-state index contributed by atoms with van der Waals surface area (Å²) in [5, 5.41) is 12.6. The number of hydrogen-bond acceptors (Lipinski definition) is 6. The predicted molar refractivity (Wildman–Crippen MR) is 128 cm³/mol. The van der Waals surface area contributed by atoms with Gasteiger partial charge in [-0.05, 0) is 49.1 Å². The number of rotatable bonds is 6. The molecule has 9 nitrogen and oxygen atoms in total. The molecule has 10 heteroatoms. The van der Waals surface area contributed by atoms with Crippen LogP contribution in [0.15, 0.2) is 52.7 Å². The summed E-state index contributed by atoms with van der Waals surface area (Å²) >= 11 is 1.39. The fourth-order valence-corrected chi connectivity index (χ4v) is 5.28. The normalized spacial score (nSPS) is 18.5. The second-order valence-electron chi connectivity index (χ2n) is 8.42. The minimum Gasteiger partial charge on any atom is -0.325 e. The van der Waals surface area contributed by atoms with Crippen molar-refractivity contribution in [2.75, 3.05) is 11.1 Å². The largest absolute Gasteiger partial charge is 0.325 e. The van der Waals surface area contributed by atoms with Gasteiger partial charge in [0.05, 0.1) is 16.8 Å². The lowest BCUT2D eigenvalue weighted by Crippen LogP contribution is -2.23. The lowest BCUT2D eigenvalue weighted by Gasteiger charge is -2.31. The average Bonchev–Trinajstić information content (AvgIpc) is 3.41. The van der Waals surface area contributed by atoms with Crippen LogP contribution in [0.25, 0.3) is 22.4 Å². The van der Waals surface area contributed by atoms with Crippen molar-refractivity contribution >= 4 is 34.4 Å². The van der Waals surface area contributed by atoms with Crippen LogP contribution in [0.4, 0.5) is 5.69 Å². The van der Waals surface area contributed by atoms with E-state index in [1.807, 2.05) is 12.1 Å². The Morgan fingerprint density at radius 3 is 2.85 bits per heavy atom. The predicted octanol–water partition coefficient (Wildman–Crippen LogP) is 3.99. The molecule has 3 heterocycles.